The molecule has 4 heteroatoms. The minimum Gasteiger partial charge on any atom is -0.497 e. The van der Waals surface area contributed by atoms with Crippen LogP contribution < -0.4 is 9.83 Å². The van der Waals surface area contributed by atoms with Crippen LogP contribution in [0.3, 0.4) is 0 Å². The van der Waals surface area contributed by atoms with E-state index in [2.05, 4.69) is 63.1 Å². The Hall–Kier alpha value is -1.29. The highest BCUT2D eigenvalue weighted by molar-refractivity contribution is 6.77. The minimum atomic E-state index is -1.54. The molecule has 1 aromatic rings. The number of methoxy groups -OCH3 is 1. The molecule has 1 N–H and O–H groups in total. The summed E-state index contributed by atoms with van der Waals surface area (Å²) in [6.07, 6.45) is 1.99. The molecule has 0 radical (unpaired) electrons. The van der Waals surface area contributed by atoms with E-state index in [1.54, 1.807) is 7.11 Å². The Bertz CT molecular complexity index is 473. The van der Waals surface area contributed by atoms with Crippen molar-refractivity contribution in [1.29, 1.82) is 0 Å². The Kier molecular flexibility index (Phi) is 6.02. The maximum absolute atomic E-state index is 5.17. The number of nitrogens with one attached hydrogen (secondary N) is 1. The van der Waals surface area contributed by atoms with Crippen LogP contribution in [0.1, 0.15) is 39.7 Å². The summed E-state index contributed by atoms with van der Waals surface area (Å²) in [5.41, 5.74) is 2.48. The van der Waals surface area contributed by atoms with Crippen LogP contribution in [0, 0.1) is 0 Å². The Morgan fingerprint density at radius 1 is 1.19 bits per heavy atom. The molecule has 0 aliphatic carbocycles. The summed E-state index contributed by atoms with van der Waals surface area (Å²) in [6.45, 7) is 13.6. The van der Waals surface area contributed by atoms with E-state index in [0.717, 1.165) is 24.3 Å². The fourth-order valence-corrected chi connectivity index (χ4v) is 2.38. The summed E-state index contributed by atoms with van der Waals surface area (Å²) in [6, 6.07) is 8.26. The molecule has 0 saturated carbocycles. The van der Waals surface area contributed by atoms with Gasteiger partial charge < -0.3 is 9.83 Å². The number of hydrogen-bond acceptors (Lipinski definition) is 3. The Morgan fingerprint density at radius 3 is 2.24 bits per heavy atom. The van der Waals surface area contributed by atoms with E-state index in [1.807, 2.05) is 12.1 Å². The van der Waals surface area contributed by atoms with Crippen LogP contribution in [0.4, 0.5) is 0 Å². The second-order valence-corrected chi connectivity index (χ2v) is 12.2. The normalized spacial score (nSPS) is 13.2. The lowest BCUT2D eigenvalue weighted by molar-refractivity contribution is 0.414. The van der Waals surface area contributed by atoms with Gasteiger partial charge in [-0.25, -0.2) is 0 Å². The number of aryl methyl sites for hydroxylation is 1. The lowest BCUT2D eigenvalue weighted by atomic mass is 10.1. The van der Waals surface area contributed by atoms with Crippen LogP contribution >= 0.6 is 0 Å². The van der Waals surface area contributed by atoms with Crippen molar-refractivity contribution < 1.29 is 4.74 Å². The molecular formula is C17H30N2OSi. The Labute approximate surface area is 130 Å². The molecule has 0 aromatic heterocycles. The predicted octanol–water partition coefficient (Wildman–Crippen LogP) is 4.60. The smallest absolute Gasteiger partial charge is 0.173 e. The lowest BCUT2D eigenvalue weighted by Crippen LogP contribution is -2.49. The molecule has 0 unspecified atom stereocenters. The minimum absolute atomic E-state index is 0.298. The zero-order chi connectivity index (χ0) is 16.1. The molecule has 0 atom stereocenters. The molecule has 21 heavy (non-hydrogen) atoms. The van der Waals surface area contributed by atoms with Gasteiger partial charge in [-0.05, 0) is 55.6 Å². The average molecular weight is 307 g/mol. The van der Waals surface area contributed by atoms with E-state index in [4.69, 9.17) is 4.74 Å². The summed E-state index contributed by atoms with van der Waals surface area (Å²) in [5, 5.41) is 8.37. The molecule has 0 fully saturated rings. The number of nitrogens with zero attached hydrogens (tertiary/aromatic N) is 1. The second-order valence-electron chi connectivity index (χ2n) is 7.18. The van der Waals surface area contributed by atoms with Crippen molar-refractivity contribution in [1.82, 2.24) is 5.09 Å². The molecular weight excluding hydrogens is 276 g/mol. The van der Waals surface area contributed by atoms with Crippen LogP contribution in [-0.2, 0) is 6.42 Å². The summed E-state index contributed by atoms with van der Waals surface area (Å²) in [5.74, 6) is 0.906. The summed E-state index contributed by atoms with van der Waals surface area (Å²) in [4.78, 5) is 0. The molecule has 118 valence electrons. The zero-order valence-electron chi connectivity index (χ0n) is 14.6. The molecule has 0 amide bonds. The van der Waals surface area contributed by atoms with Gasteiger partial charge >= 0.3 is 0 Å². The van der Waals surface area contributed by atoms with Gasteiger partial charge in [-0.3, -0.25) is 0 Å². The molecule has 0 spiro atoms. The van der Waals surface area contributed by atoms with E-state index in [0.29, 0.717) is 5.04 Å². The predicted molar refractivity (Wildman–Crippen MR) is 94.8 cm³/mol. The van der Waals surface area contributed by atoms with Crippen LogP contribution in [0.25, 0.3) is 0 Å². The van der Waals surface area contributed by atoms with Crippen LogP contribution in [0.15, 0.2) is 29.4 Å². The zero-order valence-corrected chi connectivity index (χ0v) is 15.6. The fourth-order valence-electron chi connectivity index (χ4n) is 1.58. The van der Waals surface area contributed by atoms with Gasteiger partial charge in [0.25, 0.3) is 0 Å². The fraction of sp³-hybridized carbons (Fsp3) is 0.588. The van der Waals surface area contributed by atoms with Crippen molar-refractivity contribution in [2.75, 3.05) is 7.11 Å². The Balaban J connectivity index is 2.53. The first-order chi connectivity index (χ1) is 9.65. The number of benzene rings is 1. The van der Waals surface area contributed by atoms with E-state index in [-0.39, 0.29) is 0 Å². The first-order valence-corrected chi connectivity index (χ1v) is 10.6. The molecule has 3 nitrogen and oxygen atoms in total. The standard InChI is InChI=1S/C17H30N2OSi/c1-14(18-19-21(6,7)17(2,3)4)8-9-15-10-12-16(20-5)13-11-15/h10-13,19H,8-9H2,1-7H3/b18-14+. The van der Waals surface area contributed by atoms with E-state index >= 15 is 0 Å². The SMILES string of the molecule is COc1ccc(CC/C(C)=N/N[Si](C)(C)C(C)(C)C)cc1. The van der Waals surface area contributed by atoms with Crippen LogP contribution in [0.2, 0.25) is 18.1 Å². The third-order valence-corrected chi connectivity index (χ3v) is 8.76. The summed E-state index contributed by atoms with van der Waals surface area (Å²) < 4.78 is 5.17. The van der Waals surface area contributed by atoms with Gasteiger partial charge in [0.2, 0.25) is 0 Å². The highest BCUT2D eigenvalue weighted by Crippen LogP contribution is 2.33. The number of hydrazone groups is 1. The third kappa shape index (κ3) is 5.54. The van der Waals surface area contributed by atoms with Gasteiger partial charge in [-0.2, -0.15) is 5.10 Å². The number of rotatable bonds is 6. The third-order valence-electron chi connectivity index (χ3n) is 4.34. The summed E-state index contributed by atoms with van der Waals surface area (Å²) >= 11 is 0. The van der Waals surface area contributed by atoms with Gasteiger partial charge in [0.05, 0.1) is 7.11 Å². The van der Waals surface area contributed by atoms with Gasteiger partial charge in [-0.1, -0.05) is 32.9 Å². The molecule has 1 rings (SSSR count). The van der Waals surface area contributed by atoms with Crippen LogP contribution in [-0.4, -0.2) is 21.1 Å². The van der Waals surface area contributed by atoms with Gasteiger partial charge in [0, 0.05) is 5.71 Å². The van der Waals surface area contributed by atoms with Gasteiger partial charge in [0.15, 0.2) is 8.24 Å². The van der Waals surface area contributed by atoms with Gasteiger partial charge in [0.1, 0.15) is 5.75 Å². The topological polar surface area (TPSA) is 33.6 Å². The first-order valence-electron chi connectivity index (χ1n) is 7.59. The molecule has 0 heterocycles. The monoisotopic (exact) mass is 306 g/mol. The quantitative estimate of drug-likeness (QED) is 0.473. The van der Waals surface area contributed by atoms with Crippen molar-refractivity contribution in [3.63, 3.8) is 0 Å². The van der Waals surface area contributed by atoms with Crippen LogP contribution in [0.5, 0.6) is 5.75 Å². The van der Waals surface area contributed by atoms with E-state index < -0.39 is 8.24 Å². The number of ether oxygens (including phenoxy) is 1. The molecule has 0 saturated heterocycles. The number of hydrogen-bond donors (Lipinski definition) is 1. The van der Waals surface area contributed by atoms with Crippen molar-refractivity contribution >= 4 is 13.9 Å². The molecule has 0 aliphatic rings. The van der Waals surface area contributed by atoms with Crippen molar-refractivity contribution in [2.24, 2.45) is 5.10 Å². The van der Waals surface area contributed by atoms with Crippen molar-refractivity contribution in [3.8, 4) is 5.75 Å². The highest BCUT2D eigenvalue weighted by atomic mass is 28.3. The molecule has 0 aliphatic heterocycles. The average Bonchev–Trinajstić information content (AvgIpc) is 2.42. The van der Waals surface area contributed by atoms with E-state index in [9.17, 15) is 0 Å². The van der Waals surface area contributed by atoms with Crippen molar-refractivity contribution in [2.45, 2.75) is 58.7 Å². The Morgan fingerprint density at radius 2 is 1.76 bits per heavy atom. The highest BCUT2D eigenvalue weighted by Gasteiger charge is 2.35. The van der Waals surface area contributed by atoms with Crippen molar-refractivity contribution in [3.05, 3.63) is 29.8 Å². The van der Waals surface area contributed by atoms with Gasteiger partial charge in [-0.15, -0.1) is 0 Å². The summed E-state index contributed by atoms with van der Waals surface area (Å²) in [7, 11) is 0.150. The maximum Gasteiger partial charge on any atom is 0.173 e. The molecule has 0 bridgehead atoms. The van der Waals surface area contributed by atoms with E-state index in [1.165, 1.54) is 5.56 Å². The maximum atomic E-state index is 5.17. The first kappa shape index (κ1) is 17.8. The second kappa shape index (κ2) is 7.12. The lowest BCUT2D eigenvalue weighted by Gasteiger charge is -2.35. The molecule has 1 aromatic carbocycles. The largest absolute Gasteiger partial charge is 0.497 e.